The van der Waals surface area contributed by atoms with Crippen LogP contribution in [-0.4, -0.2) is 40.4 Å². The van der Waals surface area contributed by atoms with Crippen molar-refractivity contribution in [3.05, 3.63) is 123 Å². The Hall–Kier alpha value is -6.61. The molecule has 5 heterocycles. The summed E-state index contributed by atoms with van der Waals surface area (Å²) in [5.41, 5.74) is 6.50. The summed E-state index contributed by atoms with van der Waals surface area (Å²) in [5, 5.41) is 6.70. The second kappa shape index (κ2) is 14.3. The normalized spacial score (nSPS) is 15.5. The number of carbonyl (C=O) groups is 3. The number of aryl methyl sites for hydroxylation is 3. The molecule has 1 saturated heterocycles. The summed E-state index contributed by atoms with van der Waals surface area (Å²) in [7, 11) is 1.73. The quantitative estimate of drug-likeness (QED) is 0.140. The van der Waals surface area contributed by atoms with Gasteiger partial charge in [0.2, 0.25) is 11.8 Å². The van der Waals surface area contributed by atoms with Gasteiger partial charge in [0.1, 0.15) is 11.3 Å². The van der Waals surface area contributed by atoms with Crippen molar-refractivity contribution in [2.24, 2.45) is 7.05 Å². The fraction of sp³-hybridized carbons (Fsp3) is 0.233. The van der Waals surface area contributed by atoms with E-state index in [-0.39, 0.29) is 41.6 Å². The first-order chi connectivity index (χ1) is 26.6. The molecule has 8 rings (SSSR count). The molecule has 1 unspecified atom stereocenters. The Bertz CT molecular complexity index is 2670. The lowest BCUT2D eigenvalue weighted by molar-refractivity contribution is -0.134. The van der Waals surface area contributed by atoms with Crippen LogP contribution in [0.4, 0.5) is 20.2 Å². The summed E-state index contributed by atoms with van der Waals surface area (Å²) in [5.74, 6) is 4.33. The van der Waals surface area contributed by atoms with Gasteiger partial charge < -0.3 is 19.2 Å². The minimum atomic E-state index is -2.76. The van der Waals surface area contributed by atoms with Crippen molar-refractivity contribution in [2.45, 2.75) is 45.0 Å². The standard InChI is InChI=1S/C43H35F2N5O5/c1-24-18-32-35(49(2)43(24)54)8-3-9-36(32)50-17-5-7-26-20-29(31(40(44)45)21-37(26)50)27-11-13-34(47-22-27)42(53)46-16-4-6-25-10-14-38-30(19-25)33(23-55-38)28-12-15-39(51)48-41(28)52/h3,8-11,13-14,18-23,28,40H,5,7,12,15-17H2,1-2H3,(H,46,53)(H,48,51,52). The van der Waals surface area contributed by atoms with Crippen molar-refractivity contribution in [1.82, 2.24) is 20.2 Å². The highest BCUT2D eigenvalue weighted by atomic mass is 19.3. The molecule has 3 amide bonds. The summed E-state index contributed by atoms with van der Waals surface area (Å²) in [6, 6.07) is 19.4. The van der Waals surface area contributed by atoms with Gasteiger partial charge >= 0.3 is 0 Å². The number of imide groups is 1. The number of aromatic nitrogens is 2. The lowest BCUT2D eigenvalue weighted by Gasteiger charge is -2.33. The van der Waals surface area contributed by atoms with Gasteiger partial charge in [-0.1, -0.05) is 24.0 Å². The first kappa shape index (κ1) is 35.4. The van der Waals surface area contributed by atoms with E-state index in [0.29, 0.717) is 58.5 Å². The summed E-state index contributed by atoms with van der Waals surface area (Å²) in [4.78, 5) is 56.0. The zero-order valence-corrected chi connectivity index (χ0v) is 30.0. The van der Waals surface area contributed by atoms with Gasteiger partial charge in [0.25, 0.3) is 17.9 Å². The molecule has 0 saturated carbocycles. The number of nitrogens with zero attached hydrogens (tertiary/aromatic N) is 3. The second-order valence-corrected chi connectivity index (χ2v) is 13.8. The van der Waals surface area contributed by atoms with Gasteiger partial charge in [0, 0.05) is 70.5 Å². The van der Waals surface area contributed by atoms with E-state index in [0.717, 1.165) is 34.0 Å². The number of amides is 3. The van der Waals surface area contributed by atoms with Gasteiger partial charge in [-0.25, -0.2) is 8.78 Å². The summed E-state index contributed by atoms with van der Waals surface area (Å²) < 4.78 is 36.7. The molecule has 276 valence electrons. The van der Waals surface area contributed by atoms with Crippen LogP contribution in [0, 0.1) is 18.8 Å². The maximum absolute atomic E-state index is 14.7. The number of furan rings is 1. The molecule has 1 fully saturated rings. The molecule has 55 heavy (non-hydrogen) atoms. The number of piperidine rings is 1. The lowest BCUT2D eigenvalue weighted by atomic mass is 9.90. The van der Waals surface area contributed by atoms with Crippen LogP contribution < -0.4 is 21.1 Å². The first-order valence-electron chi connectivity index (χ1n) is 18.0. The monoisotopic (exact) mass is 739 g/mol. The predicted octanol–water partition coefficient (Wildman–Crippen LogP) is 6.98. The Morgan fingerprint density at radius 1 is 1.04 bits per heavy atom. The summed E-state index contributed by atoms with van der Waals surface area (Å²) in [6.45, 7) is 2.43. The van der Waals surface area contributed by atoms with Crippen LogP contribution in [0.15, 0.2) is 88.4 Å². The molecule has 6 aromatic rings. The molecule has 0 aliphatic carbocycles. The maximum Gasteiger partial charge on any atom is 0.270 e. The van der Waals surface area contributed by atoms with Crippen molar-refractivity contribution < 1.29 is 27.6 Å². The van der Waals surface area contributed by atoms with E-state index < -0.39 is 18.3 Å². The van der Waals surface area contributed by atoms with E-state index in [1.807, 2.05) is 30.3 Å². The molecule has 0 spiro atoms. The Morgan fingerprint density at radius 2 is 1.89 bits per heavy atom. The van der Waals surface area contributed by atoms with Crippen LogP contribution in [0.2, 0.25) is 0 Å². The van der Waals surface area contributed by atoms with Crippen molar-refractivity contribution in [3.8, 4) is 23.0 Å². The molecule has 2 N–H and O–H groups in total. The predicted molar refractivity (Wildman–Crippen MR) is 204 cm³/mol. The van der Waals surface area contributed by atoms with Gasteiger partial charge in [0.15, 0.2) is 0 Å². The highest BCUT2D eigenvalue weighted by Gasteiger charge is 2.31. The van der Waals surface area contributed by atoms with Crippen molar-refractivity contribution in [1.29, 1.82) is 0 Å². The number of fused-ring (bicyclic) bond motifs is 3. The van der Waals surface area contributed by atoms with Crippen LogP contribution in [0.3, 0.4) is 0 Å². The van der Waals surface area contributed by atoms with Gasteiger partial charge in [0.05, 0.1) is 29.9 Å². The number of pyridine rings is 2. The van der Waals surface area contributed by atoms with Gasteiger partial charge in [-0.05, 0) is 91.9 Å². The van der Waals surface area contributed by atoms with E-state index in [9.17, 15) is 28.0 Å². The zero-order valence-electron chi connectivity index (χ0n) is 30.0. The van der Waals surface area contributed by atoms with Crippen LogP contribution in [0.5, 0.6) is 0 Å². The molecule has 10 nitrogen and oxygen atoms in total. The van der Waals surface area contributed by atoms with E-state index in [1.54, 1.807) is 48.9 Å². The molecule has 12 heteroatoms. The molecule has 2 aliphatic heterocycles. The lowest BCUT2D eigenvalue weighted by Crippen LogP contribution is -2.39. The van der Waals surface area contributed by atoms with Crippen molar-refractivity contribution in [3.63, 3.8) is 0 Å². The molecule has 0 bridgehead atoms. The average molecular weight is 740 g/mol. The molecule has 2 aliphatic rings. The fourth-order valence-corrected chi connectivity index (χ4v) is 7.63. The molecule has 1 atom stereocenters. The third kappa shape index (κ3) is 6.63. The molecular weight excluding hydrogens is 704 g/mol. The molecular formula is C43H35F2N5O5. The minimum Gasteiger partial charge on any atom is -0.464 e. The summed E-state index contributed by atoms with van der Waals surface area (Å²) in [6.07, 6.45) is 2.37. The van der Waals surface area contributed by atoms with E-state index >= 15 is 0 Å². The second-order valence-electron chi connectivity index (χ2n) is 13.8. The van der Waals surface area contributed by atoms with Crippen LogP contribution >= 0.6 is 0 Å². The van der Waals surface area contributed by atoms with Crippen LogP contribution in [0.25, 0.3) is 33.0 Å². The average Bonchev–Trinajstić information content (AvgIpc) is 3.60. The number of hydrogen-bond acceptors (Lipinski definition) is 7. The Labute approximate surface area is 314 Å². The number of alkyl halides is 2. The Kier molecular flexibility index (Phi) is 9.22. The van der Waals surface area contributed by atoms with Crippen LogP contribution in [-0.2, 0) is 23.1 Å². The number of carbonyl (C=O) groups excluding carboxylic acids is 3. The van der Waals surface area contributed by atoms with Crippen molar-refractivity contribution >= 4 is 51.0 Å². The highest BCUT2D eigenvalue weighted by Crippen LogP contribution is 2.43. The summed E-state index contributed by atoms with van der Waals surface area (Å²) >= 11 is 0. The van der Waals surface area contributed by atoms with Gasteiger partial charge in [-0.15, -0.1) is 0 Å². The van der Waals surface area contributed by atoms with Crippen molar-refractivity contribution in [2.75, 3.05) is 18.0 Å². The third-order valence-corrected chi connectivity index (χ3v) is 10.4. The number of benzene rings is 3. The number of anilines is 2. The Balaban J connectivity index is 0.990. The SMILES string of the molecule is Cc1cc2c(N3CCCc4cc(-c5ccc(C(=O)NCC#Cc6ccc7occ(C8CCC(=O)NC8=O)c7c6)nc5)c(C(F)F)cc43)cccc2n(C)c1=O. The zero-order chi connectivity index (χ0) is 38.4. The number of halogens is 2. The largest absolute Gasteiger partial charge is 0.464 e. The van der Waals surface area contributed by atoms with E-state index in [4.69, 9.17) is 4.42 Å². The molecule has 3 aromatic heterocycles. The first-order valence-corrected chi connectivity index (χ1v) is 18.0. The van der Waals surface area contributed by atoms with Crippen LogP contribution in [0.1, 0.15) is 69.9 Å². The van der Waals surface area contributed by atoms with Gasteiger partial charge in [-0.3, -0.25) is 29.5 Å². The molecule has 0 radical (unpaired) electrons. The molecule has 3 aromatic carbocycles. The number of rotatable bonds is 6. The highest BCUT2D eigenvalue weighted by molar-refractivity contribution is 6.03. The Morgan fingerprint density at radius 3 is 2.67 bits per heavy atom. The van der Waals surface area contributed by atoms with E-state index in [1.165, 1.54) is 18.5 Å². The number of nitrogens with one attached hydrogen (secondary N) is 2. The number of hydrogen-bond donors (Lipinski definition) is 2. The maximum atomic E-state index is 14.7. The van der Waals surface area contributed by atoms with E-state index in [2.05, 4.69) is 32.4 Å². The third-order valence-electron chi connectivity index (χ3n) is 10.4. The minimum absolute atomic E-state index is 0.0229. The topological polar surface area (TPSA) is 127 Å². The fourth-order valence-electron chi connectivity index (χ4n) is 7.63. The smallest absolute Gasteiger partial charge is 0.270 e. The van der Waals surface area contributed by atoms with Gasteiger partial charge in [-0.2, -0.15) is 0 Å².